The lowest BCUT2D eigenvalue weighted by Crippen LogP contribution is -3.00. The molecule has 4 N–H and O–H groups in total. The number of nitrogens with two attached hydrogens (primary N) is 2. The van der Waals surface area contributed by atoms with Crippen LogP contribution in [0.1, 0.15) is 109 Å². The van der Waals surface area contributed by atoms with Gasteiger partial charge in [0.1, 0.15) is 0 Å². The summed E-state index contributed by atoms with van der Waals surface area (Å²) in [5.41, 5.74) is 14.0. The Bertz CT molecular complexity index is 678. The lowest BCUT2D eigenvalue weighted by molar-refractivity contribution is -0.769. The van der Waals surface area contributed by atoms with Gasteiger partial charge in [-0.1, -0.05) is 65.2 Å². The molecule has 10 heteroatoms. The van der Waals surface area contributed by atoms with E-state index >= 15 is 0 Å². The van der Waals surface area contributed by atoms with E-state index in [1.165, 1.54) is 64.2 Å². The van der Waals surface area contributed by atoms with Crippen LogP contribution in [0, 0.1) is 0 Å². The largest absolute Gasteiger partial charge is 1.00 e. The molecule has 33 heavy (non-hydrogen) atoms. The zero-order valence-corrected chi connectivity index (χ0v) is 22.0. The van der Waals surface area contributed by atoms with Crippen molar-refractivity contribution in [2.45, 2.75) is 123 Å². The highest BCUT2D eigenvalue weighted by atomic mass is 35.5. The van der Waals surface area contributed by atoms with Crippen LogP contribution in [-0.2, 0) is 25.9 Å². The van der Waals surface area contributed by atoms with Crippen LogP contribution in [0.4, 0.5) is 11.8 Å². The monoisotopic (exact) mass is 506 g/mol. The first-order valence-electron chi connectivity index (χ1n) is 12.5. The highest BCUT2D eigenvalue weighted by Gasteiger charge is 2.25. The zero-order valence-electron chi connectivity index (χ0n) is 20.5. The first-order chi connectivity index (χ1) is 15.2. The maximum absolute atomic E-state index is 6.04. The van der Waals surface area contributed by atoms with Crippen LogP contribution in [0.2, 0.25) is 0 Å². The summed E-state index contributed by atoms with van der Waals surface area (Å²) in [4.78, 5) is 0. The predicted octanol–water partition coefficient (Wildman–Crippen LogP) is -1.69. The summed E-state index contributed by atoms with van der Waals surface area (Å²) in [5, 5.41) is 8.25. The minimum absolute atomic E-state index is 0. The normalized spacial score (nSPS) is 10.7. The molecule has 192 valence electrons. The summed E-state index contributed by atoms with van der Waals surface area (Å²) in [7, 11) is 0. The van der Waals surface area contributed by atoms with Crippen LogP contribution in [0.3, 0.4) is 0 Å². The Morgan fingerprint density at radius 2 is 0.939 bits per heavy atom. The predicted molar refractivity (Wildman–Crippen MR) is 121 cm³/mol. The van der Waals surface area contributed by atoms with Crippen molar-refractivity contribution in [3.8, 4) is 0 Å². The van der Waals surface area contributed by atoms with E-state index in [1.807, 2.05) is 9.36 Å². The molecular weight excluding hydrogens is 463 g/mol. The number of unbranched alkanes of at least 4 members (excludes halogenated alkanes) is 10. The van der Waals surface area contributed by atoms with Gasteiger partial charge in [0.15, 0.2) is 13.1 Å². The van der Waals surface area contributed by atoms with E-state index in [0.29, 0.717) is 11.8 Å². The second-order valence-corrected chi connectivity index (χ2v) is 8.60. The maximum Gasteiger partial charge on any atom is 0.296 e. The molecule has 0 aliphatic heterocycles. The van der Waals surface area contributed by atoms with E-state index < -0.39 is 0 Å². The lowest BCUT2D eigenvalue weighted by Gasteiger charge is -1.99. The van der Waals surface area contributed by atoms with Gasteiger partial charge in [0.2, 0.25) is 10.5 Å². The Balaban J connectivity index is 0.00000512. The van der Waals surface area contributed by atoms with Crippen LogP contribution in [0.25, 0.3) is 0 Å². The van der Waals surface area contributed by atoms with Crippen molar-refractivity contribution in [1.82, 2.24) is 10.5 Å². The topological polar surface area (TPSA) is 112 Å². The molecular formula is C23H44Cl2N6O2. The van der Waals surface area contributed by atoms with Crippen molar-refractivity contribution >= 4 is 11.8 Å². The molecule has 0 saturated carbocycles. The number of hydrogen-bond acceptors (Lipinski definition) is 6. The molecule has 0 aliphatic carbocycles. The molecule has 2 aromatic heterocycles. The SMILES string of the molecule is CCCCCCCC[n+]1noc(N)c1CCCc1c(N)on[n+]1CCCCCCCC.[Cl-].[Cl-]. The number of nitrogens with zero attached hydrogens (tertiary/aromatic N) is 4. The molecule has 0 aromatic carbocycles. The fourth-order valence-corrected chi connectivity index (χ4v) is 4.01. The van der Waals surface area contributed by atoms with Crippen LogP contribution in [-0.4, -0.2) is 10.5 Å². The van der Waals surface area contributed by atoms with Gasteiger partial charge in [-0.2, -0.15) is 0 Å². The Morgan fingerprint density at radius 1 is 0.576 bits per heavy atom. The van der Waals surface area contributed by atoms with Crippen LogP contribution < -0.4 is 45.6 Å². The second-order valence-electron chi connectivity index (χ2n) is 8.60. The summed E-state index contributed by atoms with van der Waals surface area (Å²) in [6, 6.07) is 0. The van der Waals surface area contributed by atoms with Gasteiger partial charge in [0.25, 0.3) is 23.2 Å². The van der Waals surface area contributed by atoms with Gasteiger partial charge in [0, 0.05) is 25.7 Å². The van der Waals surface area contributed by atoms with Gasteiger partial charge < -0.3 is 36.3 Å². The first-order valence-corrected chi connectivity index (χ1v) is 12.5. The van der Waals surface area contributed by atoms with Crippen molar-refractivity contribution in [2.24, 2.45) is 0 Å². The van der Waals surface area contributed by atoms with E-state index in [2.05, 4.69) is 24.4 Å². The summed E-state index contributed by atoms with van der Waals surface area (Å²) < 4.78 is 14.4. The van der Waals surface area contributed by atoms with Gasteiger partial charge in [-0.25, -0.2) is 0 Å². The molecule has 0 spiro atoms. The number of aromatic nitrogens is 4. The number of aryl methyl sites for hydroxylation is 2. The third-order valence-corrected chi connectivity index (χ3v) is 5.94. The fourth-order valence-electron chi connectivity index (χ4n) is 4.01. The third-order valence-electron chi connectivity index (χ3n) is 5.94. The summed E-state index contributed by atoms with van der Waals surface area (Å²) in [6.07, 6.45) is 17.5. The Labute approximate surface area is 211 Å². The number of halogens is 2. The molecule has 2 aromatic rings. The highest BCUT2D eigenvalue weighted by molar-refractivity contribution is 5.27. The van der Waals surface area contributed by atoms with E-state index in [4.69, 9.17) is 20.5 Å². The molecule has 0 saturated heterocycles. The quantitative estimate of drug-likeness (QED) is 0.184. The molecule has 0 radical (unpaired) electrons. The van der Waals surface area contributed by atoms with Crippen molar-refractivity contribution in [3.05, 3.63) is 11.4 Å². The first kappa shape index (κ1) is 31.5. The molecule has 0 aliphatic rings. The van der Waals surface area contributed by atoms with Crippen molar-refractivity contribution in [1.29, 1.82) is 0 Å². The molecule has 2 rings (SSSR count). The molecule has 8 nitrogen and oxygen atoms in total. The number of hydrogen-bond donors (Lipinski definition) is 2. The lowest BCUT2D eigenvalue weighted by atomic mass is 10.1. The van der Waals surface area contributed by atoms with Gasteiger partial charge in [-0.15, -0.1) is 0 Å². The third kappa shape index (κ3) is 11.4. The smallest absolute Gasteiger partial charge is 0.296 e. The van der Waals surface area contributed by atoms with Crippen LogP contribution in [0.5, 0.6) is 0 Å². The van der Waals surface area contributed by atoms with E-state index in [0.717, 1.165) is 56.6 Å². The molecule has 0 unspecified atom stereocenters. The Morgan fingerprint density at radius 3 is 1.33 bits per heavy atom. The summed E-state index contributed by atoms with van der Waals surface area (Å²) in [5.74, 6) is 0.841. The molecule has 0 amide bonds. The molecule has 2 heterocycles. The zero-order chi connectivity index (χ0) is 22.3. The average molecular weight is 508 g/mol. The minimum atomic E-state index is 0. The average Bonchev–Trinajstić information content (AvgIpc) is 3.30. The highest BCUT2D eigenvalue weighted by Crippen LogP contribution is 2.14. The standard InChI is InChI=1S/C23H44N6O2.2ClH/c1-3-5-7-9-11-13-18-28-20(22(24)30-26-28)16-15-17-21-23(25)31-27-29(21)19-14-12-10-8-6-4-2;;/h3-19,24-25H2,1-2H3;2*1H/q+2;;/p-2. The van der Waals surface area contributed by atoms with Crippen molar-refractivity contribution in [3.63, 3.8) is 0 Å². The molecule has 0 atom stereocenters. The number of nitrogen functional groups attached to an aromatic ring is 2. The van der Waals surface area contributed by atoms with Crippen LogP contribution in [0.15, 0.2) is 9.05 Å². The Hall–Kier alpha value is -1.54. The Kier molecular flexibility index (Phi) is 18.0. The summed E-state index contributed by atoms with van der Waals surface area (Å²) >= 11 is 0. The van der Waals surface area contributed by atoms with Crippen LogP contribution >= 0.6 is 0 Å². The van der Waals surface area contributed by atoms with Crippen molar-refractivity contribution < 1.29 is 43.2 Å². The molecule has 0 fully saturated rings. The van der Waals surface area contributed by atoms with Gasteiger partial charge in [-0.05, 0) is 28.6 Å². The van der Waals surface area contributed by atoms with E-state index in [1.54, 1.807) is 0 Å². The van der Waals surface area contributed by atoms with Crippen molar-refractivity contribution in [2.75, 3.05) is 11.5 Å². The second kappa shape index (κ2) is 18.8. The maximum atomic E-state index is 6.04. The fraction of sp³-hybridized carbons (Fsp3) is 0.826. The summed E-state index contributed by atoms with van der Waals surface area (Å²) in [6.45, 7) is 6.19. The van der Waals surface area contributed by atoms with Gasteiger partial charge >= 0.3 is 0 Å². The minimum Gasteiger partial charge on any atom is -1.00 e. The van der Waals surface area contributed by atoms with E-state index in [9.17, 15) is 0 Å². The number of rotatable bonds is 18. The van der Waals surface area contributed by atoms with Gasteiger partial charge in [-0.3, -0.25) is 9.05 Å². The number of anilines is 2. The van der Waals surface area contributed by atoms with E-state index in [-0.39, 0.29) is 24.8 Å². The molecule has 0 bridgehead atoms. The van der Waals surface area contributed by atoms with Gasteiger partial charge in [0.05, 0.1) is 0 Å².